The topological polar surface area (TPSA) is 17.8 Å². The molecule has 0 atom stereocenters. The van der Waals surface area contributed by atoms with Gasteiger partial charge in [0, 0.05) is 25.0 Å². The zero-order valence-electron chi connectivity index (χ0n) is 11.9. The summed E-state index contributed by atoms with van der Waals surface area (Å²) >= 11 is 0. The van der Waals surface area contributed by atoms with E-state index in [0.29, 0.717) is 0 Å². The summed E-state index contributed by atoms with van der Waals surface area (Å²) in [7, 11) is 2.02. The summed E-state index contributed by atoms with van der Waals surface area (Å²) in [5.74, 6) is 1.00. The minimum atomic E-state index is 1.00. The summed E-state index contributed by atoms with van der Waals surface area (Å²) in [6.07, 6.45) is 4.85. The van der Waals surface area contributed by atoms with E-state index in [9.17, 15) is 0 Å². The molecule has 0 fully saturated rings. The van der Waals surface area contributed by atoms with Crippen LogP contribution in [0.1, 0.15) is 12.5 Å². The van der Waals surface area contributed by atoms with Crippen molar-refractivity contribution in [2.24, 2.45) is 7.05 Å². The fourth-order valence-corrected chi connectivity index (χ4v) is 2.55. The Bertz CT molecular complexity index is 708. The van der Waals surface area contributed by atoms with Crippen LogP contribution in [-0.2, 0) is 13.5 Å². The molecule has 2 aromatic carbocycles. The molecule has 0 radical (unpaired) electrons. The minimum Gasteiger partial charge on any atom is -0.334 e. The average molecular weight is 262 g/mol. The molecule has 2 heteroatoms. The number of imidazole rings is 1. The molecular weight excluding hydrogens is 244 g/mol. The molecule has 100 valence electrons. The first-order chi connectivity index (χ1) is 9.79. The van der Waals surface area contributed by atoms with Crippen molar-refractivity contribution in [3.8, 4) is 22.5 Å². The third-order valence-electron chi connectivity index (χ3n) is 3.67. The number of hydrogen-bond donors (Lipinski definition) is 0. The molecule has 3 aromatic rings. The number of benzene rings is 2. The van der Waals surface area contributed by atoms with Crippen LogP contribution in [0.4, 0.5) is 0 Å². The lowest BCUT2D eigenvalue weighted by atomic mass is 9.97. The SMILES string of the molecule is CCc1ccccc1-c1ccc(-c2nccn2C)cc1. The van der Waals surface area contributed by atoms with Crippen LogP contribution in [0.3, 0.4) is 0 Å². The van der Waals surface area contributed by atoms with Gasteiger partial charge in [0.1, 0.15) is 5.82 Å². The minimum absolute atomic E-state index is 1.00. The summed E-state index contributed by atoms with van der Waals surface area (Å²) < 4.78 is 2.04. The van der Waals surface area contributed by atoms with Crippen molar-refractivity contribution >= 4 is 0 Å². The van der Waals surface area contributed by atoms with Gasteiger partial charge in [0.2, 0.25) is 0 Å². The van der Waals surface area contributed by atoms with Crippen molar-refractivity contribution in [3.63, 3.8) is 0 Å². The molecule has 0 N–H and O–H groups in total. The Morgan fingerprint density at radius 1 is 0.950 bits per heavy atom. The van der Waals surface area contributed by atoms with Gasteiger partial charge in [0.15, 0.2) is 0 Å². The Labute approximate surface area is 119 Å². The number of nitrogens with zero attached hydrogens (tertiary/aromatic N) is 2. The first-order valence-electron chi connectivity index (χ1n) is 6.95. The maximum absolute atomic E-state index is 4.39. The van der Waals surface area contributed by atoms with Crippen LogP contribution in [0, 0.1) is 0 Å². The standard InChI is InChI=1S/C18H18N2/c1-3-14-6-4-5-7-17(14)15-8-10-16(11-9-15)18-19-12-13-20(18)2/h4-13H,3H2,1-2H3. The maximum atomic E-state index is 4.39. The van der Waals surface area contributed by atoms with Gasteiger partial charge in [0.25, 0.3) is 0 Å². The Morgan fingerprint density at radius 2 is 1.65 bits per heavy atom. The lowest BCUT2D eigenvalue weighted by Crippen LogP contribution is -1.91. The van der Waals surface area contributed by atoms with Crippen LogP contribution in [0.15, 0.2) is 60.9 Å². The van der Waals surface area contributed by atoms with E-state index >= 15 is 0 Å². The highest BCUT2D eigenvalue weighted by Gasteiger charge is 2.06. The van der Waals surface area contributed by atoms with E-state index in [4.69, 9.17) is 0 Å². The summed E-state index contributed by atoms with van der Waals surface area (Å²) in [6, 6.07) is 17.2. The second kappa shape index (κ2) is 5.33. The van der Waals surface area contributed by atoms with E-state index in [-0.39, 0.29) is 0 Å². The smallest absolute Gasteiger partial charge is 0.139 e. The number of aromatic nitrogens is 2. The Balaban J connectivity index is 2.00. The van der Waals surface area contributed by atoms with E-state index in [2.05, 4.69) is 60.4 Å². The number of aryl methyl sites for hydroxylation is 2. The molecule has 2 nitrogen and oxygen atoms in total. The molecule has 1 heterocycles. The zero-order chi connectivity index (χ0) is 13.9. The number of rotatable bonds is 3. The van der Waals surface area contributed by atoms with Gasteiger partial charge in [-0.1, -0.05) is 55.5 Å². The summed E-state index contributed by atoms with van der Waals surface area (Å²) in [5.41, 5.74) is 5.12. The van der Waals surface area contributed by atoms with Crippen molar-refractivity contribution in [3.05, 3.63) is 66.5 Å². The predicted octanol–water partition coefficient (Wildman–Crippen LogP) is 4.32. The fraction of sp³-hybridized carbons (Fsp3) is 0.167. The molecule has 0 bridgehead atoms. The molecule has 0 aliphatic heterocycles. The van der Waals surface area contributed by atoms with Gasteiger partial charge in [-0.2, -0.15) is 0 Å². The molecule has 0 unspecified atom stereocenters. The molecule has 0 saturated heterocycles. The molecule has 0 saturated carbocycles. The molecule has 20 heavy (non-hydrogen) atoms. The van der Waals surface area contributed by atoms with E-state index in [1.807, 2.05) is 24.0 Å². The molecule has 0 amide bonds. The van der Waals surface area contributed by atoms with Gasteiger partial charge in [-0.05, 0) is 23.1 Å². The van der Waals surface area contributed by atoms with Crippen molar-refractivity contribution in [1.29, 1.82) is 0 Å². The monoisotopic (exact) mass is 262 g/mol. The van der Waals surface area contributed by atoms with Gasteiger partial charge in [-0.25, -0.2) is 4.98 Å². The van der Waals surface area contributed by atoms with E-state index in [1.54, 1.807) is 0 Å². The third kappa shape index (κ3) is 2.25. The Hall–Kier alpha value is -2.35. The van der Waals surface area contributed by atoms with E-state index in [0.717, 1.165) is 17.8 Å². The second-order valence-electron chi connectivity index (χ2n) is 4.95. The van der Waals surface area contributed by atoms with Crippen LogP contribution in [-0.4, -0.2) is 9.55 Å². The highest BCUT2D eigenvalue weighted by atomic mass is 15.0. The van der Waals surface area contributed by atoms with E-state index < -0.39 is 0 Å². The Morgan fingerprint density at radius 3 is 2.30 bits per heavy atom. The third-order valence-corrected chi connectivity index (χ3v) is 3.67. The van der Waals surface area contributed by atoms with Crippen molar-refractivity contribution in [1.82, 2.24) is 9.55 Å². The molecule has 3 rings (SSSR count). The van der Waals surface area contributed by atoms with Gasteiger partial charge in [-0.3, -0.25) is 0 Å². The molecular formula is C18H18N2. The van der Waals surface area contributed by atoms with Gasteiger partial charge in [0.05, 0.1) is 0 Å². The maximum Gasteiger partial charge on any atom is 0.139 e. The van der Waals surface area contributed by atoms with Crippen molar-refractivity contribution in [2.45, 2.75) is 13.3 Å². The van der Waals surface area contributed by atoms with Crippen LogP contribution in [0.25, 0.3) is 22.5 Å². The summed E-state index contributed by atoms with van der Waals surface area (Å²) in [4.78, 5) is 4.39. The fourth-order valence-electron chi connectivity index (χ4n) is 2.55. The van der Waals surface area contributed by atoms with Crippen molar-refractivity contribution in [2.75, 3.05) is 0 Å². The second-order valence-corrected chi connectivity index (χ2v) is 4.95. The average Bonchev–Trinajstić information content (AvgIpc) is 2.93. The van der Waals surface area contributed by atoms with Crippen LogP contribution < -0.4 is 0 Å². The van der Waals surface area contributed by atoms with Crippen LogP contribution in [0.5, 0.6) is 0 Å². The van der Waals surface area contributed by atoms with Gasteiger partial charge < -0.3 is 4.57 Å². The summed E-state index contributed by atoms with van der Waals surface area (Å²) in [6.45, 7) is 2.20. The molecule has 0 aliphatic rings. The molecule has 0 spiro atoms. The summed E-state index contributed by atoms with van der Waals surface area (Å²) in [5, 5.41) is 0. The van der Waals surface area contributed by atoms with Crippen LogP contribution >= 0.6 is 0 Å². The Kier molecular flexibility index (Phi) is 3.38. The van der Waals surface area contributed by atoms with Crippen molar-refractivity contribution < 1.29 is 0 Å². The van der Waals surface area contributed by atoms with Gasteiger partial charge >= 0.3 is 0 Å². The lowest BCUT2D eigenvalue weighted by Gasteiger charge is -2.09. The zero-order valence-corrected chi connectivity index (χ0v) is 11.9. The number of hydrogen-bond acceptors (Lipinski definition) is 1. The normalized spacial score (nSPS) is 10.7. The molecule has 1 aromatic heterocycles. The first-order valence-corrected chi connectivity index (χ1v) is 6.95. The molecule has 0 aliphatic carbocycles. The van der Waals surface area contributed by atoms with Gasteiger partial charge in [-0.15, -0.1) is 0 Å². The predicted molar refractivity (Wildman–Crippen MR) is 83.5 cm³/mol. The first kappa shape index (κ1) is 12.7. The largest absolute Gasteiger partial charge is 0.334 e. The quantitative estimate of drug-likeness (QED) is 0.687. The highest BCUT2D eigenvalue weighted by molar-refractivity contribution is 5.70. The van der Waals surface area contributed by atoms with Crippen LogP contribution in [0.2, 0.25) is 0 Å². The lowest BCUT2D eigenvalue weighted by molar-refractivity contribution is 0.925. The van der Waals surface area contributed by atoms with E-state index in [1.165, 1.54) is 16.7 Å². The highest BCUT2D eigenvalue weighted by Crippen LogP contribution is 2.26.